The van der Waals surface area contributed by atoms with Gasteiger partial charge in [0.05, 0.1) is 6.10 Å². The largest absolute Gasteiger partial charge is 0.475 e. The molecule has 3 aliphatic heterocycles. The maximum absolute atomic E-state index is 13.5. The zero-order valence-corrected chi connectivity index (χ0v) is 18.6. The molecule has 1 aromatic rings. The topological polar surface area (TPSA) is 82.4 Å². The Morgan fingerprint density at radius 1 is 1.31 bits per heavy atom. The number of fused-ring (bicyclic) bond motifs is 1. The van der Waals surface area contributed by atoms with Gasteiger partial charge in [0.1, 0.15) is 12.1 Å². The van der Waals surface area contributed by atoms with E-state index < -0.39 is 12.7 Å². The fourth-order valence-electron chi connectivity index (χ4n) is 4.28. The molecule has 0 saturated carbocycles. The molecule has 0 aromatic carbocycles. The minimum atomic E-state index is -2.68. The summed E-state index contributed by atoms with van der Waals surface area (Å²) in [6, 6.07) is 3.41. The Bertz CT molecular complexity index is 977. The highest BCUT2D eigenvalue weighted by molar-refractivity contribution is 5.99. The Labute approximate surface area is 186 Å². The average Bonchev–Trinajstić information content (AvgIpc) is 3.21. The number of carbonyl (C=O) groups is 1. The standard InChI is InChI=1S/C22H28F2N6O2/c1-12(2)32-19-8-15(7-14(4)27-19)21(31)29-6-5-13(3)16(10-29)18-9-17(20(23)24)28-22-25-11-26-30(18)22/h7-9,11-13,16,20,22H,5-6,10H2,1-4H3,(H,25,26)/t13-,16-,22?/m1/s1. The molecular formula is C22H28F2N6O2. The molecule has 0 aliphatic carbocycles. The quantitative estimate of drug-likeness (QED) is 0.752. The van der Waals surface area contributed by atoms with Gasteiger partial charge in [-0.2, -0.15) is 0 Å². The van der Waals surface area contributed by atoms with E-state index in [-0.39, 0.29) is 29.6 Å². The highest BCUT2D eigenvalue weighted by Gasteiger charge is 2.39. The number of pyridine rings is 1. The van der Waals surface area contributed by atoms with Crippen molar-refractivity contribution in [3.8, 4) is 5.88 Å². The van der Waals surface area contributed by atoms with Gasteiger partial charge in [0.15, 0.2) is 0 Å². The van der Waals surface area contributed by atoms with Gasteiger partial charge in [-0.05, 0) is 45.3 Å². The first-order valence-corrected chi connectivity index (χ1v) is 10.8. The normalized spacial score (nSPS) is 24.9. The summed E-state index contributed by atoms with van der Waals surface area (Å²) < 4.78 is 32.6. The molecule has 0 spiro atoms. The zero-order valence-electron chi connectivity index (χ0n) is 18.6. The SMILES string of the molecule is Cc1cc(C(=O)N2CC[C@@H](C)[C@H](C3=CC(C(F)F)=NC4N=CNN34)C2)cc(OC(C)C)n1. The van der Waals surface area contributed by atoms with Crippen LogP contribution in [-0.2, 0) is 0 Å². The number of ether oxygens (including phenoxy) is 1. The number of aromatic nitrogens is 1. The van der Waals surface area contributed by atoms with Crippen molar-refractivity contribution >= 4 is 18.0 Å². The second kappa shape index (κ2) is 8.84. The summed E-state index contributed by atoms with van der Waals surface area (Å²) in [4.78, 5) is 27.6. The second-order valence-corrected chi connectivity index (χ2v) is 8.67. The van der Waals surface area contributed by atoms with Crippen molar-refractivity contribution in [2.75, 3.05) is 13.1 Å². The van der Waals surface area contributed by atoms with Crippen LogP contribution in [0.25, 0.3) is 0 Å². The van der Waals surface area contributed by atoms with E-state index >= 15 is 0 Å². The number of nitrogens with one attached hydrogen (secondary N) is 1. The van der Waals surface area contributed by atoms with E-state index in [1.165, 1.54) is 12.4 Å². The number of piperidine rings is 1. The number of carbonyl (C=O) groups excluding carboxylic acids is 1. The third kappa shape index (κ3) is 4.44. The van der Waals surface area contributed by atoms with Crippen molar-refractivity contribution in [3.63, 3.8) is 0 Å². The van der Waals surface area contributed by atoms with Gasteiger partial charge in [-0.15, -0.1) is 0 Å². The number of halogens is 2. The molecule has 1 amide bonds. The van der Waals surface area contributed by atoms with E-state index in [0.29, 0.717) is 35.9 Å². The first kappa shape index (κ1) is 22.2. The number of nitrogens with zero attached hydrogens (tertiary/aromatic N) is 5. The molecule has 32 heavy (non-hydrogen) atoms. The number of aliphatic imine (C=N–C) groups is 2. The van der Waals surface area contributed by atoms with Crippen LogP contribution in [0, 0.1) is 18.8 Å². The van der Waals surface area contributed by atoms with E-state index in [0.717, 1.165) is 6.42 Å². The predicted molar refractivity (Wildman–Crippen MR) is 117 cm³/mol. The summed E-state index contributed by atoms with van der Waals surface area (Å²) in [7, 11) is 0. The lowest BCUT2D eigenvalue weighted by molar-refractivity contribution is 0.0593. The molecule has 1 aromatic heterocycles. The smallest absolute Gasteiger partial charge is 0.280 e. The van der Waals surface area contributed by atoms with Crippen molar-refractivity contribution in [3.05, 3.63) is 35.2 Å². The monoisotopic (exact) mass is 446 g/mol. The van der Waals surface area contributed by atoms with Crippen LogP contribution in [0.3, 0.4) is 0 Å². The number of alkyl halides is 2. The Morgan fingerprint density at radius 2 is 2.09 bits per heavy atom. The predicted octanol–water partition coefficient (Wildman–Crippen LogP) is 3.01. The Hall–Kier alpha value is -3.04. The summed E-state index contributed by atoms with van der Waals surface area (Å²) in [5, 5.41) is 1.70. The number of allylic oxidation sites excluding steroid dienone is 1. The molecule has 1 saturated heterocycles. The van der Waals surface area contributed by atoms with Gasteiger partial charge >= 0.3 is 0 Å². The van der Waals surface area contributed by atoms with E-state index in [9.17, 15) is 13.6 Å². The number of hydrazine groups is 1. The molecule has 0 bridgehead atoms. The lowest BCUT2D eigenvalue weighted by Crippen LogP contribution is -2.50. The molecule has 1 fully saturated rings. The summed E-state index contributed by atoms with van der Waals surface area (Å²) in [5.74, 6) is 0.356. The van der Waals surface area contributed by atoms with E-state index in [1.54, 1.807) is 22.0 Å². The number of amides is 1. The fourth-order valence-corrected chi connectivity index (χ4v) is 4.28. The average molecular weight is 447 g/mol. The van der Waals surface area contributed by atoms with Crippen LogP contribution in [0.15, 0.2) is 33.9 Å². The number of rotatable bonds is 5. The number of aryl methyl sites for hydroxylation is 1. The lowest BCUT2D eigenvalue weighted by Gasteiger charge is -2.42. The third-order valence-electron chi connectivity index (χ3n) is 5.86. The van der Waals surface area contributed by atoms with Crippen molar-refractivity contribution in [2.24, 2.45) is 21.8 Å². The number of hydrogen-bond acceptors (Lipinski definition) is 7. The summed E-state index contributed by atoms with van der Waals surface area (Å²) in [5.41, 5.74) is 4.59. The summed E-state index contributed by atoms with van der Waals surface area (Å²) >= 11 is 0. The van der Waals surface area contributed by atoms with Crippen molar-refractivity contribution in [1.29, 1.82) is 0 Å². The maximum Gasteiger partial charge on any atom is 0.280 e. The summed E-state index contributed by atoms with van der Waals surface area (Å²) in [6.07, 6.45) is 0.175. The zero-order chi connectivity index (χ0) is 23.0. The van der Waals surface area contributed by atoms with Crippen molar-refractivity contribution in [2.45, 2.75) is 52.9 Å². The molecular weight excluding hydrogens is 418 g/mol. The van der Waals surface area contributed by atoms with Crippen molar-refractivity contribution < 1.29 is 18.3 Å². The third-order valence-corrected chi connectivity index (χ3v) is 5.86. The van der Waals surface area contributed by atoms with Crippen LogP contribution < -0.4 is 10.2 Å². The fraction of sp³-hybridized carbons (Fsp3) is 0.545. The molecule has 10 heteroatoms. The molecule has 4 rings (SSSR count). The number of hydrogen-bond donors (Lipinski definition) is 1. The van der Waals surface area contributed by atoms with Crippen LogP contribution in [0.5, 0.6) is 5.88 Å². The van der Waals surface area contributed by atoms with Gasteiger partial charge in [-0.1, -0.05) is 6.92 Å². The van der Waals surface area contributed by atoms with Gasteiger partial charge in [0, 0.05) is 42.0 Å². The van der Waals surface area contributed by atoms with Gasteiger partial charge < -0.3 is 9.64 Å². The first-order valence-electron chi connectivity index (χ1n) is 10.8. The first-order chi connectivity index (χ1) is 15.2. The highest BCUT2D eigenvalue weighted by atomic mass is 19.3. The minimum absolute atomic E-state index is 0.0560. The van der Waals surface area contributed by atoms with Gasteiger partial charge in [-0.25, -0.2) is 28.8 Å². The lowest BCUT2D eigenvalue weighted by atomic mass is 9.83. The van der Waals surface area contributed by atoms with Gasteiger partial charge in [0.25, 0.3) is 12.3 Å². The highest BCUT2D eigenvalue weighted by Crippen LogP contribution is 2.35. The molecule has 8 nitrogen and oxygen atoms in total. The summed E-state index contributed by atoms with van der Waals surface area (Å²) in [6.45, 7) is 8.71. The minimum Gasteiger partial charge on any atom is -0.475 e. The molecule has 4 heterocycles. The maximum atomic E-state index is 13.5. The Kier molecular flexibility index (Phi) is 6.12. The Morgan fingerprint density at radius 3 is 2.81 bits per heavy atom. The molecule has 3 aliphatic rings. The van der Waals surface area contributed by atoms with E-state index in [1.807, 2.05) is 20.8 Å². The van der Waals surface area contributed by atoms with Crippen molar-refractivity contribution in [1.82, 2.24) is 20.3 Å². The molecule has 1 unspecified atom stereocenters. The van der Waals surface area contributed by atoms with Crippen LogP contribution in [0.1, 0.15) is 43.2 Å². The number of likely N-dealkylation sites (tertiary alicyclic amines) is 1. The molecule has 3 atom stereocenters. The van der Waals surface area contributed by atoms with Crippen LogP contribution in [0.2, 0.25) is 0 Å². The molecule has 1 N–H and O–H groups in total. The Balaban J connectivity index is 1.58. The molecule has 172 valence electrons. The second-order valence-electron chi connectivity index (χ2n) is 8.67. The van der Waals surface area contributed by atoms with Crippen LogP contribution >= 0.6 is 0 Å². The van der Waals surface area contributed by atoms with Crippen LogP contribution in [0.4, 0.5) is 8.78 Å². The van der Waals surface area contributed by atoms with Gasteiger partial charge in [-0.3, -0.25) is 10.2 Å². The van der Waals surface area contributed by atoms with Gasteiger partial charge in [0.2, 0.25) is 12.2 Å². The van der Waals surface area contributed by atoms with E-state index in [4.69, 9.17) is 4.74 Å². The molecule has 0 radical (unpaired) electrons. The van der Waals surface area contributed by atoms with Crippen LogP contribution in [-0.4, -0.2) is 64.8 Å². The van der Waals surface area contributed by atoms with E-state index in [2.05, 4.69) is 27.3 Å².